The molecule has 40 heavy (non-hydrogen) atoms. The Hall–Kier alpha value is -4.01. The molecule has 1 N–H and O–H groups in total. The molecular formula is C32H37N6OS+. The molecule has 4 aromatic rings. The van der Waals surface area contributed by atoms with Crippen LogP contribution in [0.5, 0.6) is 0 Å². The highest BCUT2D eigenvalue weighted by Gasteiger charge is 2.30. The van der Waals surface area contributed by atoms with Gasteiger partial charge in [0.1, 0.15) is 22.7 Å². The van der Waals surface area contributed by atoms with Crippen molar-refractivity contribution in [1.82, 2.24) is 9.61 Å². The van der Waals surface area contributed by atoms with E-state index in [2.05, 4.69) is 41.0 Å². The Labute approximate surface area is 240 Å². The van der Waals surface area contributed by atoms with Crippen LogP contribution in [0.2, 0.25) is 0 Å². The molecule has 0 atom stereocenters. The van der Waals surface area contributed by atoms with Gasteiger partial charge in [-0.15, -0.1) is 11.3 Å². The number of H-pyrrole nitrogens is 1. The van der Waals surface area contributed by atoms with Crippen molar-refractivity contribution in [3.63, 3.8) is 0 Å². The van der Waals surface area contributed by atoms with Crippen molar-refractivity contribution < 1.29 is 4.98 Å². The van der Waals surface area contributed by atoms with Crippen LogP contribution >= 0.6 is 11.3 Å². The minimum atomic E-state index is -0.433. The molecule has 3 aromatic heterocycles. The summed E-state index contributed by atoms with van der Waals surface area (Å²) in [6, 6.07) is 14.6. The molecule has 0 spiro atoms. The summed E-state index contributed by atoms with van der Waals surface area (Å²) in [6.07, 6.45) is 6.25. The average molecular weight is 554 g/mol. The third-order valence-corrected chi connectivity index (χ3v) is 8.33. The fourth-order valence-electron chi connectivity index (χ4n) is 4.79. The van der Waals surface area contributed by atoms with Crippen molar-refractivity contribution in [2.24, 2.45) is 0 Å². The van der Waals surface area contributed by atoms with E-state index in [-0.39, 0.29) is 11.0 Å². The zero-order chi connectivity index (χ0) is 29.0. The fraction of sp³-hybridized carbons (Fsp3) is 0.406. The van der Waals surface area contributed by atoms with Crippen molar-refractivity contribution in [1.29, 1.82) is 10.5 Å². The molecular weight excluding hydrogens is 516 g/mol. The van der Waals surface area contributed by atoms with Gasteiger partial charge in [-0.25, -0.2) is 9.78 Å². The summed E-state index contributed by atoms with van der Waals surface area (Å²) in [7, 11) is 0. The maximum atomic E-state index is 13.2. The lowest BCUT2D eigenvalue weighted by molar-refractivity contribution is -0.367. The lowest BCUT2D eigenvalue weighted by Gasteiger charge is -2.23. The molecule has 0 unspecified atom stereocenters. The number of hydrogen-bond donors (Lipinski definition) is 0. The van der Waals surface area contributed by atoms with Gasteiger partial charge in [0.05, 0.1) is 21.3 Å². The smallest absolute Gasteiger partial charge is 0.361 e. The van der Waals surface area contributed by atoms with Crippen LogP contribution < -0.4 is 20.7 Å². The number of benzene rings is 1. The van der Waals surface area contributed by atoms with Gasteiger partial charge < -0.3 is 4.90 Å². The van der Waals surface area contributed by atoms with Crippen molar-refractivity contribution in [2.45, 2.75) is 72.6 Å². The number of unbranched alkanes of at least 4 members (excludes halogenated alkanes) is 2. The summed E-state index contributed by atoms with van der Waals surface area (Å²) in [5, 5.41) is 26.7. The monoisotopic (exact) mass is 553 g/mol. The summed E-state index contributed by atoms with van der Waals surface area (Å²) in [6.45, 7) is 14.0. The van der Waals surface area contributed by atoms with E-state index in [0.717, 1.165) is 65.0 Å². The number of hydrogen-bond acceptors (Lipinski definition) is 6. The zero-order valence-corrected chi connectivity index (χ0v) is 25.1. The third-order valence-electron chi connectivity index (χ3n) is 7.13. The van der Waals surface area contributed by atoms with Crippen molar-refractivity contribution in [2.75, 3.05) is 18.0 Å². The van der Waals surface area contributed by atoms with Gasteiger partial charge in [-0.1, -0.05) is 57.0 Å². The maximum Gasteiger partial charge on any atom is 0.361 e. The predicted molar refractivity (Wildman–Crippen MR) is 161 cm³/mol. The number of anilines is 1. The van der Waals surface area contributed by atoms with Gasteiger partial charge in [0.25, 0.3) is 11.5 Å². The minimum Gasteiger partial charge on any atom is -0.362 e. The van der Waals surface area contributed by atoms with E-state index in [9.17, 15) is 15.3 Å². The predicted octanol–water partition coefficient (Wildman–Crippen LogP) is 5.54. The largest absolute Gasteiger partial charge is 0.362 e. The fourth-order valence-corrected chi connectivity index (χ4v) is 6.06. The number of nitrogens with one attached hydrogen (secondary N) is 1. The molecule has 0 amide bonds. The van der Waals surface area contributed by atoms with Crippen LogP contribution in [0.25, 0.3) is 22.9 Å². The lowest BCUT2D eigenvalue weighted by Crippen LogP contribution is -2.30. The van der Waals surface area contributed by atoms with Gasteiger partial charge in [0, 0.05) is 23.5 Å². The number of aromatic nitrogens is 3. The Kier molecular flexibility index (Phi) is 8.71. The number of rotatable bonds is 9. The lowest BCUT2D eigenvalue weighted by atomic mass is 9.96. The summed E-state index contributed by atoms with van der Waals surface area (Å²) in [5.74, 6) is 0.659. The second kappa shape index (κ2) is 12.0. The summed E-state index contributed by atoms with van der Waals surface area (Å²) >= 11 is 1.60. The summed E-state index contributed by atoms with van der Waals surface area (Å²) in [4.78, 5) is 19.8. The highest BCUT2D eigenvalue weighted by molar-refractivity contribution is 7.17. The molecule has 0 saturated carbocycles. The van der Waals surface area contributed by atoms with E-state index in [1.807, 2.05) is 57.2 Å². The van der Waals surface area contributed by atoms with Crippen LogP contribution in [0.4, 0.5) is 5.00 Å². The molecule has 0 aliphatic carbocycles. The van der Waals surface area contributed by atoms with Crippen molar-refractivity contribution in [3.05, 3.63) is 73.3 Å². The number of pyridine rings is 1. The van der Waals surface area contributed by atoms with Gasteiger partial charge in [-0.3, -0.25) is 0 Å². The molecule has 4 rings (SSSR count). The Morgan fingerprint density at radius 2 is 1.68 bits per heavy atom. The van der Waals surface area contributed by atoms with Crippen molar-refractivity contribution >= 4 is 28.1 Å². The molecule has 0 fully saturated rings. The van der Waals surface area contributed by atoms with Crippen LogP contribution in [-0.2, 0) is 5.41 Å². The Morgan fingerprint density at radius 3 is 2.23 bits per heavy atom. The Bertz CT molecular complexity index is 1710. The number of aromatic amines is 1. The van der Waals surface area contributed by atoms with Gasteiger partial charge in [0.2, 0.25) is 0 Å². The first kappa shape index (κ1) is 29.0. The van der Waals surface area contributed by atoms with E-state index in [0.29, 0.717) is 22.6 Å². The van der Waals surface area contributed by atoms with E-state index >= 15 is 0 Å². The Morgan fingerprint density at radius 1 is 1.05 bits per heavy atom. The molecule has 3 heterocycles. The van der Waals surface area contributed by atoms with Crippen LogP contribution in [0.1, 0.15) is 87.7 Å². The molecule has 0 aliphatic rings. The van der Waals surface area contributed by atoms with Gasteiger partial charge in [-0.2, -0.15) is 10.5 Å². The van der Waals surface area contributed by atoms with E-state index in [1.165, 1.54) is 4.52 Å². The van der Waals surface area contributed by atoms with Crippen LogP contribution in [-0.4, -0.2) is 22.7 Å². The van der Waals surface area contributed by atoms with Gasteiger partial charge in [0.15, 0.2) is 0 Å². The van der Waals surface area contributed by atoms with E-state index in [4.69, 9.17) is 0 Å². The minimum absolute atomic E-state index is 0.0711. The Balaban J connectivity index is 2.11. The molecule has 0 bridgehead atoms. The first-order valence-electron chi connectivity index (χ1n) is 13.9. The zero-order valence-electron chi connectivity index (χ0n) is 24.3. The average Bonchev–Trinajstić information content (AvgIpc) is 3.54. The molecule has 0 saturated heterocycles. The van der Waals surface area contributed by atoms with Crippen LogP contribution in [0.3, 0.4) is 0 Å². The second-order valence-electron chi connectivity index (χ2n) is 11.2. The first-order chi connectivity index (χ1) is 19.2. The number of nitrogens with zero attached hydrogens (tertiary/aromatic N) is 5. The van der Waals surface area contributed by atoms with Crippen LogP contribution in [0, 0.1) is 29.6 Å². The third kappa shape index (κ3) is 5.50. The van der Waals surface area contributed by atoms with Crippen molar-refractivity contribution in [3.8, 4) is 23.3 Å². The molecule has 0 radical (unpaired) electrons. The second-order valence-corrected chi connectivity index (χ2v) is 12.2. The quantitative estimate of drug-likeness (QED) is 0.271. The highest BCUT2D eigenvalue weighted by Crippen LogP contribution is 2.42. The SMILES string of the molecule is CCCCN(CCCC)c1sc(/C=c2/c(C)c(C#N)c(=O)n3nc(C(C)(C)C)[nH+]c23)c(-c2ccccc2)c1C#N. The standard InChI is InChI=1S/C32H36N6OS/c1-7-9-16-37(17-10-8-2)30-25(20-34)27(22-14-12-11-13-15-22)26(40-30)18-23-21(3)24(19-33)29(39)38-28(23)35-31(36-38)32(4,5)6/h11-15,18H,7-10,16-17H2,1-6H3/p+1/b23-18-. The molecule has 206 valence electrons. The molecule has 8 heteroatoms. The van der Waals surface area contributed by atoms with Crippen LogP contribution in [0.15, 0.2) is 35.1 Å². The number of thiophene rings is 1. The normalized spacial score (nSPS) is 12.1. The molecule has 1 aromatic carbocycles. The number of nitriles is 2. The summed E-state index contributed by atoms with van der Waals surface area (Å²) in [5.41, 5.74) is 2.95. The van der Waals surface area contributed by atoms with Gasteiger partial charge >= 0.3 is 5.56 Å². The topological polar surface area (TPSA) is 99.3 Å². The molecule has 0 aliphatic heterocycles. The maximum absolute atomic E-state index is 13.2. The number of fused-ring (bicyclic) bond motifs is 1. The van der Waals surface area contributed by atoms with Gasteiger partial charge in [-0.05, 0) is 62.3 Å². The van der Waals surface area contributed by atoms with E-state index in [1.54, 1.807) is 18.3 Å². The first-order valence-corrected chi connectivity index (χ1v) is 14.8. The molecule has 7 nitrogen and oxygen atoms in total. The summed E-state index contributed by atoms with van der Waals surface area (Å²) < 4.78 is 1.31. The highest BCUT2D eigenvalue weighted by atomic mass is 32.1. The van der Waals surface area contributed by atoms with E-state index < -0.39 is 5.56 Å².